The van der Waals surface area contributed by atoms with Crippen LogP contribution in [-0.2, 0) is 21.4 Å². The summed E-state index contributed by atoms with van der Waals surface area (Å²) in [6.45, 7) is 6.37. The van der Waals surface area contributed by atoms with Crippen LogP contribution in [-0.4, -0.2) is 18.1 Å². The Balaban J connectivity index is 2.27. The molecule has 1 heterocycles. The van der Waals surface area contributed by atoms with Crippen LogP contribution in [0.3, 0.4) is 0 Å². The lowest BCUT2D eigenvalue weighted by Crippen LogP contribution is -2.21. The molecule has 0 unspecified atom stereocenters. The molecule has 1 aliphatic carbocycles. The van der Waals surface area contributed by atoms with Gasteiger partial charge in [-0.15, -0.1) is 11.3 Å². The van der Waals surface area contributed by atoms with Crippen LogP contribution in [0.4, 0.5) is 0 Å². The molecule has 1 aromatic heterocycles. The number of methoxy groups -OCH3 is 1. The number of hydrogen-bond donors (Lipinski definition) is 0. The normalized spacial score (nSPS) is 17.2. The number of rotatable bonds is 4. The minimum atomic E-state index is -0.355. The molecule has 4 heteroatoms. The third-order valence-electron chi connectivity index (χ3n) is 3.18. The van der Waals surface area contributed by atoms with Crippen molar-refractivity contribution in [3.8, 4) is 0 Å². The van der Waals surface area contributed by atoms with Crippen LogP contribution in [0.1, 0.15) is 42.3 Å². The van der Waals surface area contributed by atoms with E-state index in [0.717, 1.165) is 34.8 Å². The maximum absolute atomic E-state index is 11.8. The van der Waals surface area contributed by atoms with Gasteiger partial charge < -0.3 is 4.74 Å². The predicted octanol–water partition coefficient (Wildman–Crippen LogP) is 2.85. The van der Waals surface area contributed by atoms with Gasteiger partial charge >= 0.3 is 5.97 Å². The Bertz CT molecular complexity index is 433. The van der Waals surface area contributed by atoms with E-state index in [2.05, 4.69) is 18.8 Å². The van der Waals surface area contributed by atoms with Gasteiger partial charge in [0.15, 0.2) is 0 Å². The van der Waals surface area contributed by atoms with E-state index >= 15 is 0 Å². The van der Waals surface area contributed by atoms with Gasteiger partial charge in [-0.1, -0.05) is 13.8 Å². The van der Waals surface area contributed by atoms with E-state index in [-0.39, 0.29) is 11.4 Å². The molecule has 17 heavy (non-hydrogen) atoms. The fourth-order valence-electron chi connectivity index (χ4n) is 2.18. The maximum atomic E-state index is 11.8. The molecule has 0 amide bonds. The van der Waals surface area contributed by atoms with E-state index < -0.39 is 0 Å². The molecule has 0 aromatic carbocycles. The van der Waals surface area contributed by atoms with Gasteiger partial charge in [0.1, 0.15) is 5.41 Å². The summed E-state index contributed by atoms with van der Waals surface area (Å²) < 4.78 is 4.92. The molecule has 0 saturated heterocycles. The number of aromatic nitrogens is 1. The Labute approximate surface area is 106 Å². The van der Waals surface area contributed by atoms with Gasteiger partial charge in [0.25, 0.3) is 0 Å². The average molecular weight is 253 g/mol. The highest BCUT2D eigenvalue weighted by Crippen LogP contribution is 2.52. The summed E-state index contributed by atoms with van der Waals surface area (Å²) in [7, 11) is 1.47. The molecule has 0 atom stereocenters. The van der Waals surface area contributed by atoms with Gasteiger partial charge in [0.2, 0.25) is 0 Å². The summed E-state index contributed by atoms with van der Waals surface area (Å²) in [4.78, 5) is 17.5. The summed E-state index contributed by atoms with van der Waals surface area (Å²) in [5.41, 5.74) is 0.652. The Morgan fingerprint density at radius 3 is 2.65 bits per heavy atom. The molecule has 3 nitrogen and oxygen atoms in total. The van der Waals surface area contributed by atoms with Crippen LogP contribution < -0.4 is 0 Å². The quantitative estimate of drug-likeness (QED) is 0.775. The van der Waals surface area contributed by atoms with Crippen LogP contribution in [0, 0.1) is 12.8 Å². The highest BCUT2D eigenvalue weighted by Gasteiger charge is 2.54. The van der Waals surface area contributed by atoms with Crippen molar-refractivity contribution in [1.82, 2.24) is 4.98 Å². The third-order valence-corrected chi connectivity index (χ3v) is 4.57. The van der Waals surface area contributed by atoms with Crippen LogP contribution in [0.2, 0.25) is 0 Å². The van der Waals surface area contributed by atoms with E-state index in [1.54, 1.807) is 11.3 Å². The topological polar surface area (TPSA) is 39.2 Å². The number of thiazole rings is 1. The number of ether oxygens (including phenoxy) is 1. The van der Waals surface area contributed by atoms with Crippen LogP contribution in [0.5, 0.6) is 0 Å². The van der Waals surface area contributed by atoms with Crippen molar-refractivity contribution < 1.29 is 9.53 Å². The van der Waals surface area contributed by atoms with Gasteiger partial charge in [-0.25, -0.2) is 4.98 Å². The van der Waals surface area contributed by atoms with Crippen molar-refractivity contribution in [3.63, 3.8) is 0 Å². The standard InChI is InChI=1S/C13H19NO2S/c1-8(2)7-10-14-9(3)11(17-10)13(5-6-13)12(15)16-4/h8H,5-7H2,1-4H3. The van der Waals surface area contributed by atoms with E-state index in [1.807, 2.05) is 6.92 Å². The molecular weight excluding hydrogens is 234 g/mol. The van der Waals surface area contributed by atoms with Crippen LogP contribution in [0.15, 0.2) is 0 Å². The molecule has 2 rings (SSSR count). The molecule has 94 valence electrons. The summed E-state index contributed by atoms with van der Waals surface area (Å²) in [5, 5.41) is 1.14. The lowest BCUT2D eigenvalue weighted by molar-refractivity contribution is -0.143. The number of esters is 1. The van der Waals surface area contributed by atoms with E-state index in [9.17, 15) is 4.79 Å². The minimum absolute atomic E-state index is 0.0969. The van der Waals surface area contributed by atoms with Gasteiger partial charge in [0, 0.05) is 11.3 Å². The molecule has 1 aromatic rings. The highest BCUT2D eigenvalue weighted by molar-refractivity contribution is 7.12. The van der Waals surface area contributed by atoms with E-state index in [0.29, 0.717) is 5.92 Å². The fraction of sp³-hybridized carbons (Fsp3) is 0.692. The molecule has 0 aliphatic heterocycles. The number of nitrogens with zero attached hydrogens (tertiary/aromatic N) is 1. The monoisotopic (exact) mass is 253 g/mol. The second kappa shape index (κ2) is 4.41. The van der Waals surface area contributed by atoms with Crippen molar-refractivity contribution in [1.29, 1.82) is 0 Å². The molecule has 1 fully saturated rings. The van der Waals surface area contributed by atoms with Crippen molar-refractivity contribution in [3.05, 3.63) is 15.6 Å². The van der Waals surface area contributed by atoms with Gasteiger partial charge in [0.05, 0.1) is 17.8 Å². The summed E-state index contributed by atoms with van der Waals surface area (Å²) in [5.74, 6) is 0.502. The number of hydrogen-bond acceptors (Lipinski definition) is 4. The second-order valence-corrected chi connectivity index (χ2v) is 6.28. The Morgan fingerprint density at radius 1 is 1.53 bits per heavy atom. The first-order valence-corrected chi connectivity index (χ1v) is 6.86. The maximum Gasteiger partial charge on any atom is 0.317 e. The van der Waals surface area contributed by atoms with E-state index in [4.69, 9.17) is 4.74 Å². The molecule has 0 spiro atoms. The molecule has 1 aliphatic rings. The van der Waals surface area contributed by atoms with Crippen molar-refractivity contribution in [2.45, 2.75) is 45.4 Å². The summed E-state index contributed by atoms with van der Waals surface area (Å²) >= 11 is 1.69. The number of carbonyl (C=O) groups is 1. The zero-order valence-corrected chi connectivity index (χ0v) is 11.7. The van der Waals surface area contributed by atoms with Crippen molar-refractivity contribution in [2.75, 3.05) is 7.11 Å². The Hall–Kier alpha value is -0.900. The lowest BCUT2D eigenvalue weighted by Gasteiger charge is -2.10. The molecule has 1 saturated carbocycles. The minimum Gasteiger partial charge on any atom is -0.468 e. The fourth-order valence-corrected chi connectivity index (χ4v) is 3.69. The van der Waals surface area contributed by atoms with Gasteiger partial charge in [-0.3, -0.25) is 4.79 Å². The Kier molecular flexibility index (Phi) is 3.25. The van der Waals surface area contributed by atoms with Crippen LogP contribution >= 0.6 is 11.3 Å². The van der Waals surface area contributed by atoms with Crippen molar-refractivity contribution in [2.24, 2.45) is 5.92 Å². The first kappa shape index (κ1) is 12.6. The van der Waals surface area contributed by atoms with Crippen molar-refractivity contribution >= 4 is 17.3 Å². The lowest BCUT2D eigenvalue weighted by atomic mass is 10.0. The van der Waals surface area contributed by atoms with Gasteiger partial charge in [-0.05, 0) is 25.7 Å². The van der Waals surface area contributed by atoms with Gasteiger partial charge in [-0.2, -0.15) is 0 Å². The zero-order valence-electron chi connectivity index (χ0n) is 10.9. The average Bonchev–Trinajstić information content (AvgIpc) is 2.98. The molecule has 0 N–H and O–H groups in total. The Morgan fingerprint density at radius 2 is 2.18 bits per heavy atom. The first-order chi connectivity index (χ1) is 7.99. The van der Waals surface area contributed by atoms with E-state index in [1.165, 1.54) is 7.11 Å². The smallest absolute Gasteiger partial charge is 0.317 e. The molecular formula is C13H19NO2S. The SMILES string of the molecule is COC(=O)C1(c2sc(CC(C)C)nc2C)CC1. The van der Waals surface area contributed by atoms with Crippen LogP contribution in [0.25, 0.3) is 0 Å². The largest absolute Gasteiger partial charge is 0.468 e. The summed E-state index contributed by atoms with van der Waals surface area (Å²) in [6.07, 6.45) is 2.80. The first-order valence-electron chi connectivity index (χ1n) is 6.05. The predicted molar refractivity (Wildman–Crippen MR) is 68.3 cm³/mol. The summed E-state index contributed by atoms with van der Waals surface area (Å²) in [6, 6.07) is 0. The zero-order chi connectivity index (χ0) is 12.6. The number of aryl methyl sites for hydroxylation is 1. The molecule has 0 bridgehead atoms. The number of carbonyl (C=O) groups excluding carboxylic acids is 1. The second-order valence-electron chi connectivity index (χ2n) is 5.19. The highest BCUT2D eigenvalue weighted by atomic mass is 32.1. The third kappa shape index (κ3) is 2.23. The molecule has 0 radical (unpaired) electrons.